The Morgan fingerprint density at radius 3 is 2.93 bits per heavy atom. The van der Waals surface area contributed by atoms with Crippen molar-refractivity contribution in [2.45, 2.75) is 25.4 Å². The van der Waals surface area contributed by atoms with Crippen molar-refractivity contribution in [1.82, 2.24) is 4.90 Å². The molecule has 0 spiro atoms. The molecule has 0 aromatic rings. The molecule has 0 radical (unpaired) electrons. The number of fused-ring (bicyclic) bond motifs is 1. The molecule has 2 rings (SSSR count). The van der Waals surface area contributed by atoms with E-state index in [4.69, 9.17) is 4.74 Å². The average Bonchev–Trinajstić information content (AvgIpc) is 2.70. The summed E-state index contributed by atoms with van der Waals surface area (Å²) in [4.78, 5) is 2.48. The minimum absolute atomic E-state index is 0.0209. The maximum Gasteiger partial charge on any atom is 0.0583 e. The molecule has 1 heterocycles. The summed E-state index contributed by atoms with van der Waals surface area (Å²) >= 11 is 0. The van der Waals surface area contributed by atoms with E-state index in [1.54, 1.807) is 7.11 Å². The maximum absolute atomic E-state index is 9.74. The Hall–Kier alpha value is -0.120. The monoisotopic (exact) mass is 199 g/mol. The van der Waals surface area contributed by atoms with E-state index >= 15 is 0 Å². The third-order valence-electron chi connectivity index (χ3n) is 3.72. The molecule has 1 aliphatic heterocycles. The molecule has 0 aromatic carbocycles. The molecule has 3 atom stereocenters. The molecular formula is C11H21NO2. The molecule has 0 aromatic heterocycles. The van der Waals surface area contributed by atoms with Gasteiger partial charge in [-0.2, -0.15) is 0 Å². The Balaban J connectivity index is 1.72. The zero-order valence-electron chi connectivity index (χ0n) is 8.98. The summed E-state index contributed by atoms with van der Waals surface area (Å²) in [6.45, 7) is 4.29. The minimum Gasteiger partial charge on any atom is -0.393 e. The van der Waals surface area contributed by atoms with Crippen LogP contribution in [0.1, 0.15) is 19.3 Å². The number of aliphatic hydroxyl groups is 1. The van der Waals surface area contributed by atoms with Crippen molar-refractivity contribution in [3.8, 4) is 0 Å². The second-order valence-corrected chi connectivity index (χ2v) is 4.67. The van der Waals surface area contributed by atoms with Gasteiger partial charge in [-0.1, -0.05) is 0 Å². The van der Waals surface area contributed by atoms with Crippen molar-refractivity contribution in [1.29, 1.82) is 0 Å². The van der Waals surface area contributed by atoms with Gasteiger partial charge in [-0.15, -0.1) is 0 Å². The number of rotatable bonds is 4. The van der Waals surface area contributed by atoms with E-state index in [1.165, 1.54) is 13.0 Å². The van der Waals surface area contributed by atoms with Crippen LogP contribution in [0.4, 0.5) is 0 Å². The van der Waals surface area contributed by atoms with Crippen LogP contribution >= 0.6 is 0 Å². The number of likely N-dealkylation sites (tertiary alicyclic amines) is 1. The highest BCUT2D eigenvalue weighted by molar-refractivity contribution is 4.93. The van der Waals surface area contributed by atoms with Crippen LogP contribution in [0.3, 0.4) is 0 Å². The largest absolute Gasteiger partial charge is 0.393 e. The van der Waals surface area contributed by atoms with Crippen molar-refractivity contribution >= 4 is 0 Å². The molecule has 82 valence electrons. The minimum atomic E-state index is -0.0209. The molecule has 1 saturated carbocycles. The van der Waals surface area contributed by atoms with Gasteiger partial charge in [0.2, 0.25) is 0 Å². The third-order valence-corrected chi connectivity index (χ3v) is 3.72. The standard InChI is InChI=1S/C11H21NO2/c1-14-6-2-5-12-7-9-3-4-11(13)10(9)8-12/h9-11,13H,2-8H2,1H3. The van der Waals surface area contributed by atoms with Gasteiger partial charge in [0.25, 0.3) is 0 Å². The Labute approximate surface area is 86.0 Å². The van der Waals surface area contributed by atoms with Gasteiger partial charge in [-0.3, -0.25) is 0 Å². The zero-order valence-corrected chi connectivity index (χ0v) is 8.98. The fourth-order valence-electron chi connectivity index (χ4n) is 2.94. The first-order chi connectivity index (χ1) is 6.81. The lowest BCUT2D eigenvalue weighted by Gasteiger charge is -2.17. The number of ether oxygens (including phenoxy) is 1. The molecule has 1 aliphatic carbocycles. The molecule has 0 bridgehead atoms. The Morgan fingerprint density at radius 2 is 2.21 bits per heavy atom. The van der Waals surface area contributed by atoms with Crippen molar-refractivity contribution in [3.63, 3.8) is 0 Å². The Kier molecular flexibility index (Phi) is 3.42. The summed E-state index contributed by atoms with van der Waals surface area (Å²) in [5.41, 5.74) is 0. The molecule has 1 saturated heterocycles. The van der Waals surface area contributed by atoms with Gasteiger partial charge >= 0.3 is 0 Å². The predicted molar refractivity (Wildman–Crippen MR) is 55.2 cm³/mol. The van der Waals surface area contributed by atoms with Crippen LogP contribution in [0.2, 0.25) is 0 Å². The van der Waals surface area contributed by atoms with Crippen LogP contribution in [0.25, 0.3) is 0 Å². The molecule has 14 heavy (non-hydrogen) atoms. The van der Waals surface area contributed by atoms with E-state index in [0.29, 0.717) is 5.92 Å². The number of hydrogen-bond donors (Lipinski definition) is 1. The number of hydrogen-bond acceptors (Lipinski definition) is 3. The van der Waals surface area contributed by atoms with E-state index < -0.39 is 0 Å². The first-order valence-corrected chi connectivity index (χ1v) is 5.70. The smallest absolute Gasteiger partial charge is 0.0583 e. The SMILES string of the molecule is COCCCN1CC2CCC(O)C2C1. The molecular weight excluding hydrogens is 178 g/mol. The Bertz CT molecular complexity index is 186. The molecule has 2 fully saturated rings. The third kappa shape index (κ3) is 2.10. The van der Waals surface area contributed by atoms with Crippen molar-refractivity contribution in [2.75, 3.05) is 33.4 Å². The molecule has 3 nitrogen and oxygen atoms in total. The lowest BCUT2D eigenvalue weighted by molar-refractivity contribution is 0.122. The predicted octanol–water partition coefficient (Wildman–Crippen LogP) is 0.726. The van der Waals surface area contributed by atoms with Crippen LogP contribution in [-0.4, -0.2) is 49.5 Å². The van der Waals surface area contributed by atoms with E-state index in [2.05, 4.69) is 4.90 Å². The summed E-state index contributed by atoms with van der Waals surface area (Å²) in [5.74, 6) is 1.34. The summed E-state index contributed by atoms with van der Waals surface area (Å²) < 4.78 is 5.04. The summed E-state index contributed by atoms with van der Waals surface area (Å²) in [6, 6.07) is 0. The van der Waals surface area contributed by atoms with Crippen molar-refractivity contribution in [2.24, 2.45) is 11.8 Å². The van der Waals surface area contributed by atoms with Gasteiger partial charge in [0.1, 0.15) is 0 Å². The normalized spacial score (nSPS) is 37.7. The van der Waals surface area contributed by atoms with Gasteiger partial charge in [-0.25, -0.2) is 0 Å². The molecule has 2 aliphatic rings. The van der Waals surface area contributed by atoms with Crippen LogP contribution in [-0.2, 0) is 4.74 Å². The van der Waals surface area contributed by atoms with Crippen LogP contribution in [0.5, 0.6) is 0 Å². The first-order valence-electron chi connectivity index (χ1n) is 5.70. The molecule has 3 heteroatoms. The summed E-state index contributed by atoms with van der Waals surface area (Å²) in [7, 11) is 1.75. The number of nitrogens with zero attached hydrogens (tertiary/aromatic N) is 1. The van der Waals surface area contributed by atoms with Crippen molar-refractivity contribution in [3.05, 3.63) is 0 Å². The van der Waals surface area contributed by atoms with E-state index in [1.807, 2.05) is 0 Å². The van der Waals surface area contributed by atoms with Gasteiger partial charge in [0.05, 0.1) is 6.10 Å². The first kappa shape index (κ1) is 10.4. The van der Waals surface area contributed by atoms with Gasteiger partial charge in [0.15, 0.2) is 0 Å². The fraction of sp³-hybridized carbons (Fsp3) is 1.00. The molecule has 1 N–H and O–H groups in total. The molecule has 3 unspecified atom stereocenters. The van der Waals surface area contributed by atoms with Gasteiger partial charge in [-0.05, 0) is 25.2 Å². The van der Waals surface area contributed by atoms with Crippen LogP contribution in [0.15, 0.2) is 0 Å². The lowest BCUT2D eigenvalue weighted by Crippen LogP contribution is -2.26. The highest BCUT2D eigenvalue weighted by atomic mass is 16.5. The fourth-order valence-corrected chi connectivity index (χ4v) is 2.94. The highest BCUT2D eigenvalue weighted by Gasteiger charge is 2.41. The average molecular weight is 199 g/mol. The van der Waals surface area contributed by atoms with Gasteiger partial charge in [0, 0.05) is 39.3 Å². The van der Waals surface area contributed by atoms with E-state index in [9.17, 15) is 5.11 Å². The molecule has 0 amide bonds. The quantitative estimate of drug-likeness (QED) is 0.677. The zero-order chi connectivity index (χ0) is 9.97. The summed E-state index contributed by atoms with van der Waals surface area (Å²) in [5, 5.41) is 9.74. The number of aliphatic hydroxyl groups excluding tert-OH is 1. The second-order valence-electron chi connectivity index (χ2n) is 4.67. The van der Waals surface area contributed by atoms with Gasteiger partial charge < -0.3 is 14.7 Å². The maximum atomic E-state index is 9.74. The Morgan fingerprint density at radius 1 is 1.36 bits per heavy atom. The number of methoxy groups -OCH3 is 1. The van der Waals surface area contributed by atoms with E-state index in [-0.39, 0.29) is 6.10 Å². The van der Waals surface area contributed by atoms with E-state index in [0.717, 1.165) is 38.5 Å². The summed E-state index contributed by atoms with van der Waals surface area (Å²) in [6.07, 6.45) is 3.35. The van der Waals surface area contributed by atoms with Crippen molar-refractivity contribution < 1.29 is 9.84 Å². The highest BCUT2D eigenvalue weighted by Crippen LogP contribution is 2.37. The topological polar surface area (TPSA) is 32.7 Å². The lowest BCUT2D eigenvalue weighted by atomic mass is 10.00. The second kappa shape index (κ2) is 4.60. The van der Waals surface area contributed by atoms with Crippen LogP contribution < -0.4 is 0 Å². The van der Waals surface area contributed by atoms with Crippen LogP contribution in [0, 0.1) is 11.8 Å².